The maximum absolute atomic E-state index is 13.9. The molecule has 1 aromatic rings. The predicted octanol–water partition coefficient (Wildman–Crippen LogP) is 3.12. The summed E-state index contributed by atoms with van der Waals surface area (Å²) in [5, 5.41) is 11.0. The van der Waals surface area contributed by atoms with Gasteiger partial charge in [-0.3, -0.25) is 14.9 Å². The van der Waals surface area contributed by atoms with Gasteiger partial charge in [-0.2, -0.15) is 4.39 Å². The van der Waals surface area contributed by atoms with Crippen molar-refractivity contribution in [3.05, 3.63) is 39.4 Å². The lowest BCUT2D eigenvalue weighted by Crippen LogP contribution is -2.46. The normalized spacial score (nSPS) is 11.3. The molecular weight excluding hydrogens is 338 g/mol. The molecule has 0 aromatic heterocycles. The number of rotatable bonds is 4. The van der Waals surface area contributed by atoms with Gasteiger partial charge in [0.05, 0.1) is 4.92 Å². The quantitative estimate of drug-likeness (QED) is 0.476. The molecule has 0 bridgehead atoms. The molecule has 1 aromatic carbocycles. The lowest BCUT2D eigenvalue weighted by molar-refractivity contribution is -0.387. The van der Waals surface area contributed by atoms with Gasteiger partial charge >= 0.3 is 5.69 Å². The smallest absolute Gasteiger partial charge is 0.305 e. The highest BCUT2D eigenvalue weighted by Crippen LogP contribution is 2.26. The first-order valence-corrected chi connectivity index (χ1v) is 6.72. The largest absolute Gasteiger partial charge is 0.336 e. The second-order valence-electron chi connectivity index (χ2n) is 4.82. The Balaban J connectivity index is 3.36. The second kappa shape index (κ2) is 5.82. The van der Waals surface area contributed by atoms with Crippen molar-refractivity contribution in [3.63, 3.8) is 0 Å². The highest BCUT2D eigenvalue weighted by Gasteiger charge is 2.33. The van der Waals surface area contributed by atoms with Crippen molar-refractivity contribution >= 4 is 27.5 Å². The van der Waals surface area contributed by atoms with Crippen LogP contribution in [0.4, 0.5) is 14.5 Å². The van der Waals surface area contributed by atoms with E-state index in [-0.39, 0.29) is 0 Å². The van der Waals surface area contributed by atoms with E-state index in [1.807, 2.05) is 0 Å². The third-order valence-electron chi connectivity index (χ3n) is 3.02. The molecule has 1 rings (SSSR count). The number of carbonyl (C=O) groups is 1. The Bertz CT molecular complexity index is 564. The minimum Gasteiger partial charge on any atom is -0.336 e. The molecule has 0 heterocycles. The van der Waals surface area contributed by atoms with Crippen LogP contribution in [0.3, 0.4) is 0 Å². The first-order chi connectivity index (χ1) is 9.13. The number of hydrogen-bond acceptors (Lipinski definition) is 3. The molecule has 0 unspecified atom stereocenters. The molecule has 0 spiro atoms. The fraction of sp³-hybridized carbons (Fsp3) is 0.417. The van der Waals surface area contributed by atoms with E-state index in [1.54, 1.807) is 13.8 Å². The van der Waals surface area contributed by atoms with Crippen LogP contribution in [-0.2, 0) is 0 Å². The van der Waals surface area contributed by atoms with Gasteiger partial charge in [-0.15, -0.1) is 0 Å². The Kier molecular flexibility index (Phi) is 4.80. The molecule has 0 atom stereocenters. The number of nitro groups is 1. The Hall–Kier alpha value is -1.57. The number of benzene rings is 1. The van der Waals surface area contributed by atoms with Crippen molar-refractivity contribution in [3.8, 4) is 0 Å². The lowest BCUT2D eigenvalue weighted by atomic mass is 10.0. The van der Waals surface area contributed by atoms with Crippen molar-refractivity contribution in [2.24, 2.45) is 0 Å². The molecule has 1 amide bonds. The summed E-state index contributed by atoms with van der Waals surface area (Å²) in [6.45, 7) is 3.37. The number of carbonyl (C=O) groups excluding carboxylic acids is 1. The van der Waals surface area contributed by atoms with E-state index in [0.717, 1.165) is 4.90 Å². The van der Waals surface area contributed by atoms with Gasteiger partial charge in [-0.1, -0.05) is 15.9 Å². The highest BCUT2D eigenvalue weighted by atomic mass is 79.9. The van der Waals surface area contributed by atoms with E-state index >= 15 is 0 Å². The van der Waals surface area contributed by atoms with Crippen LogP contribution in [0.1, 0.15) is 24.2 Å². The van der Waals surface area contributed by atoms with Gasteiger partial charge < -0.3 is 4.90 Å². The average Bonchev–Trinajstić information content (AvgIpc) is 2.37. The van der Waals surface area contributed by atoms with Crippen molar-refractivity contribution in [2.45, 2.75) is 19.4 Å². The van der Waals surface area contributed by atoms with Crippen molar-refractivity contribution in [1.29, 1.82) is 0 Å². The average molecular weight is 351 g/mol. The third kappa shape index (κ3) is 2.95. The zero-order valence-corrected chi connectivity index (χ0v) is 12.7. The molecule has 0 aliphatic carbocycles. The third-order valence-corrected chi connectivity index (χ3v) is 4.39. The summed E-state index contributed by atoms with van der Waals surface area (Å²) < 4.78 is 27.6. The molecule has 20 heavy (non-hydrogen) atoms. The van der Waals surface area contributed by atoms with Crippen LogP contribution in [0.15, 0.2) is 12.1 Å². The maximum atomic E-state index is 13.9. The number of alkyl halides is 1. The molecule has 0 N–H and O–H groups in total. The molecule has 110 valence electrons. The van der Waals surface area contributed by atoms with E-state index in [4.69, 9.17) is 0 Å². The van der Waals surface area contributed by atoms with Gasteiger partial charge in [-0.25, -0.2) is 4.39 Å². The molecule has 0 saturated carbocycles. The summed E-state index contributed by atoms with van der Waals surface area (Å²) in [5.74, 6) is -3.54. The van der Waals surface area contributed by atoms with Gasteiger partial charge in [0.1, 0.15) is 11.4 Å². The number of amides is 1. The number of halogens is 3. The Morgan fingerprint density at radius 2 is 2.00 bits per heavy atom. The van der Waals surface area contributed by atoms with E-state index in [2.05, 4.69) is 15.9 Å². The molecule has 0 aliphatic rings. The molecule has 0 fully saturated rings. The number of hydrogen-bond donors (Lipinski definition) is 0. The summed E-state index contributed by atoms with van der Waals surface area (Å²) in [7, 11) is 1.38. The first-order valence-electron chi connectivity index (χ1n) is 5.60. The molecular formula is C12H13BrF2N2O3. The van der Waals surface area contributed by atoms with Gasteiger partial charge in [0.2, 0.25) is 5.82 Å². The summed E-state index contributed by atoms with van der Waals surface area (Å²) in [4.78, 5) is 22.9. The Morgan fingerprint density at radius 1 is 1.45 bits per heavy atom. The molecule has 0 radical (unpaired) electrons. The first kappa shape index (κ1) is 16.5. The van der Waals surface area contributed by atoms with Crippen LogP contribution in [0.2, 0.25) is 0 Å². The van der Waals surface area contributed by atoms with Crippen molar-refractivity contribution < 1.29 is 18.5 Å². The van der Waals surface area contributed by atoms with Crippen LogP contribution in [0.5, 0.6) is 0 Å². The fourth-order valence-electron chi connectivity index (χ4n) is 1.41. The van der Waals surface area contributed by atoms with Gasteiger partial charge in [0.15, 0.2) is 0 Å². The summed E-state index contributed by atoms with van der Waals surface area (Å²) in [5.41, 5.74) is -2.56. The van der Waals surface area contributed by atoms with Crippen LogP contribution in [0.25, 0.3) is 0 Å². The highest BCUT2D eigenvalue weighted by molar-refractivity contribution is 9.09. The Morgan fingerprint density at radius 3 is 2.45 bits per heavy atom. The van der Waals surface area contributed by atoms with E-state index < -0.39 is 39.3 Å². The van der Waals surface area contributed by atoms with E-state index in [9.17, 15) is 23.7 Å². The van der Waals surface area contributed by atoms with E-state index in [0.29, 0.717) is 17.5 Å². The number of nitrogens with zero attached hydrogens (tertiary/aromatic N) is 2. The maximum Gasteiger partial charge on any atom is 0.305 e. The lowest BCUT2D eigenvalue weighted by Gasteiger charge is -2.34. The van der Waals surface area contributed by atoms with E-state index in [1.165, 1.54) is 7.05 Å². The van der Waals surface area contributed by atoms with Crippen LogP contribution in [-0.4, -0.2) is 33.6 Å². The minimum absolute atomic E-state index is 0.375. The molecule has 0 aliphatic heterocycles. The molecule has 8 heteroatoms. The van der Waals surface area contributed by atoms with Crippen molar-refractivity contribution in [1.82, 2.24) is 4.90 Å². The standard InChI is InChI=1S/C12H13BrF2N2O3/c1-12(2,6-13)16(3)11(18)9-7(14)4-5-8(10(9)15)17(19)20/h4-5H,6H2,1-3H3. The minimum atomic E-state index is -1.46. The van der Waals surface area contributed by atoms with Crippen LogP contribution < -0.4 is 0 Å². The predicted molar refractivity (Wildman–Crippen MR) is 73.0 cm³/mol. The van der Waals surface area contributed by atoms with Gasteiger partial charge in [-0.05, 0) is 19.9 Å². The summed E-state index contributed by atoms with van der Waals surface area (Å²) >= 11 is 3.20. The zero-order valence-electron chi connectivity index (χ0n) is 11.1. The summed E-state index contributed by atoms with van der Waals surface area (Å²) in [6, 6.07) is 1.40. The van der Waals surface area contributed by atoms with Crippen molar-refractivity contribution in [2.75, 3.05) is 12.4 Å². The monoisotopic (exact) mass is 350 g/mol. The number of nitro benzene ring substituents is 1. The fourth-order valence-corrected chi connectivity index (χ4v) is 1.79. The zero-order chi connectivity index (χ0) is 15.7. The van der Waals surface area contributed by atoms with Gasteiger partial charge in [0, 0.05) is 24.0 Å². The molecule has 0 saturated heterocycles. The van der Waals surface area contributed by atoms with Crippen LogP contribution in [0, 0.1) is 21.7 Å². The molecule has 5 nitrogen and oxygen atoms in total. The second-order valence-corrected chi connectivity index (χ2v) is 5.38. The van der Waals surface area contributed by atoms with Crippen LogP contribution >= 0.6 is 15.9 Å². The SMILES string of the molecule is CN(C(=O)c1c(F)ccc([N+](=O)[O-])c1F)C(C)(C)CBr. The topological polar surface area (TPSA) is 63.5 Å². The summed E-state index contributed by atoms with van der Waals surface area (Å²) in [6.07, 6.45) is 0. The Labute approximate surface area is 122 Å². The van der Waals surface area contributed by atoms with Gasteiger partial charge in [0.25, 0.3) is 5.91 Å².